The summed E-state index contributed by atoms with van der Waals surface area (Å²) in [6.07, 6.45) is 0. The van der Waals surface area contributed by atoms with E-state index in [0.717, 1.165) is 42.7 Å². The van der Waals surface area contributed by atoms with Gasteiger partial charge in [-0.25, -0.2) is 9.97 Å². The normalized spacial score (nSPS) is 10.7. The number of hydrogen-bond acceptors (Lipinski definition) is 5. The molecule has 2 aromatic rings. The van der Waals surface area contributed by atoms with Gasteiger partial charge in [-0.15, -0.1) is 0 Å². The number of nitrogens with zero attached hydrogens (tertiary/aromatic N) is 3. The lowest BCUT2D eigenvalue weighted by Crippen LogP contribution is -2.25. The van der Waals surface area contributed by atoms with Gasteiger partial charge in [0.15, 0.2) is 5.82 Å². The van der Waals surface area contributed by atoms with E-state index in [1.165, 1.54) is 0 Å². The zero-order valence-corrected chi connectivity index (χ0v) is 12.9. The van der Waals surface area contributed by atoms with Crippen molar-refractivity contribution in [3.63, 3.8) is 0 Å². The number of nitrogens with one attached hydrogen (secondary N) is 2. The van der Waals surface area contributed by atoms with Crippen molar-refractivity contribution in [3.05, 3.63) is 36.4 Å². The van der Waals surface area contributed by atoms with E-state index in [1.54, 1.807) is 0 Å². The molecule has 2 rings (SSSR count). The summed E-state index contributed by atoms with van der Waals surface area (Å²) >= 11 is 0. The Balaban J connectivity index is 2.14. The van der Waals surface area contributed by atoms with Crippen molar-refractivity contribution in [1.29, 1.82) is 0 Å². The molecule has 0 bridgehead atoms. The monoisotopic (exact) mass is 285 g/mol. The molecule has 2 N–H and O–H groups in total. The fraction of sp³-hybridized carbons (Fsp3) is 0.375. The molecule has 0 aliphatic heterocycles. The van der Waals surface area contributed by atoms with Gasteiger partial charge in [0.05, 0.1) is 0 Å². The Morgan fingerprint density at radius 1 is 1.10 bits per heavy atom. The number of rotatable bonds is 7. The summed E-state index contributed by atoms with van der Waals surface area (Å²) in [5.74, 6) is 2.39. The van der Waals surface area contributed by atoms with E-state index < -0.39 is 0 Å². The lowest BCUT2D eigenvalue weighted by Gasteiger charge is -2.15. The summed E-state index contributed by atoms with van der Waals surface area (Å²) in [6, 6.07) is 11.9. The van der Waals surface area contributed by atoms with Crippen LogP contribution in [0.25, 0.3) is 11.4 Å². The first-order chi connectivity index (χ1) is 10.2. The maximum atomic E-state index is 4.59. The quantitative estimate of drug-likeness (QED) is 0.819. The van der Waals surface area contributed by atoms with Gasteiger partial charge in [-0.1, -0.05) is 37.3 Å². The van der Waals surface area contributed by atoms with Crippen LogP contribution in [0, 0.1) is 0 Å². The minimum Gasteiger partial charge on any atom is -0.373 e. The van der Waals surface area contributed by atoms with Crippen molar-refractivity contribution in [3.8, 4) is 11.4 Å². The molecular formula is C16H23N5. The Morgan fingerprint density at radius 2 is 1.81 bits per heavy atom. The van der Waals surface area contributed by atoms with Crippen LogP contribution in [0.2, 0.25) is 0 Å². The van der Waals surface area contributed by atoms with Gasteiger partial charge >= 0.3 is 0 Å². The van der Waals surface area contributed by atoms with Gasteiger partial charge in [0, 0.05) is 31.8 Å². The van der Waals surface area contributed by atoms with E-state index >= 15 is 0 Å². The van der Waals surface area contributed by atoms with Crippen LogP contribution >= 0.6 is 0 Å². The Kier molecular flexibility index (Phi) is 5.51. The minimum atomic E-state index is 0.730. The van der Waals surface area contributed by atoms with Crippen molar-refractivity contribution in [2.75, 3.05) is 44.4 Å². The number of likely N-dealkylation sites (N-methyl/N-ethyl adjacent to an activating group) is 1. The van der Waals surface area contributed by atoms with Crippen LogP contribution in [0.3, 0.4) is 0 Å². The summed E-state index contributed by atoms with van der Waals surface area (Å²) < 4.78 is 0. The first-order valence-corrected chi connectivity index (χ1v) is 7.27. The van der Waals surface area contributed by atoms with Crippen LogP contribution in [0.5, 0.6) is 0 Å². The zero-order valence-electron chi connectivity index (χ0n) is 12.9. The van der Waals surface area contributed by atoms with Crippen molar-refractivity contribution in [2.45, 2.75) is 6.92 Å². The molecule has 112 valence electrons. The van der Waals surface area contributed by atoms with Gasteiger partial charge in [0.2, 0.25) is 0 Å². The summed E-state index contributed by atoms with van der Waals surface area (Å²) in [4.78, 5) is 11.4. The zero-order chi connectivity index (χ0) is 15.1. The molecule has 21 heavy (non-hydrogen) atoms. The lowest BCUT2D eigenvalue weighted by molar-refractivity contribution is 0.367. The van der Waals surface area contributed by atoms with Gasteiger partial charge in [-0.2, -0.15) is 0 Å². The maximum absolute atomic E-state index is 4.59. The second-order valence-corrected chi connectivity index (χ2v) is 4.90. The molecule has 1 heterocycles. The Labute approximate surface area is 126 Å². The van der Waals surface area contributed by atoms with Crippen molar-refractivity contribution < 1.29 is 0 Å². The molecule has 0 saturated carbocycles. The van der Waals surface area contributed by atoms with E-state index in [9.17, 15) is 0 Å². The van der Waals surface area contributed by atoms with Crippen LogP contribution in [0.1, 0.15) is 6.92 Å². The van der Waals surface area contributed by atoms with Crippen molar-refractivity contribution in [1.82, 2.24) is 14.9 Å². The highest BCUT2D eigenvalue weighted by molar-refractivity contribution is 5.61. The fourth-order valence-corrected chi connectivity index (χ4v) is 1.92. The molecule has 1 aromatic carbocycles. The van der Waals surface area contributed by atoms with Gasteiger partial charge in [0.25, 0.3) is 0 Å². The van der Waals surface area contributed by atoms with Crippen LogP contribution in [-0.4, -0.2) is 48.6 Å². The third kappa shape index (κ3) is 4.43. The molecule has 0 spiro atoms. The first kappa shape index (κ1) is 15.3. The predicted molar refractivity (Wildman–Crippen MR) is 88.7 cm³/mol. The van der Waals surface area contributed by atoms with E-state index in [4.69, 9.17) is 0 Å². The summed E-state index contributed by atoms with van der Waals surface area (Å²) in [6.45, 7) is 5.04. The Hall–Kier alpha value is -2.14. The lowest BCUT2D eigenvalue weighted by atomic mass is 10.2. The molecule has 0 radical (unpaired) electrons. The fourth-order valence-electron chi connectivity index (χ4n) is 1.92. The van der Waals surface area contributed by atoms with E-state index in [2.05, 4.69) is 39.5 Å². The van der Waals surface area contributed by atoms with Gasteiger partial charge in [-0.3, -0.25) is 0 Å². The van der Waals surface area contributed by atoms with Gasteiger partial charge in [-0.05, 0) is 13.6 Å². The second kappa shape index (κ2) is 7.59. The third-order valence-electron chi connectivity index (χ3n) is 3.35. The molecule has 0 unspecified atom stereocenters. The van der Waals surface area contributed by atoms with Crippen LogP contribution in [0.4, 0.5) is 11.6 Å². The Morgan fingerprint density at radius 3 is 2.48 bits per heavy atom. The van der Waals surface area contributed by atoms with Crippen LogP contribution in [-0.2, 0) is 0 Å². The summed E-state index contributed by atoms with van der Waals surface area (Å²) in [7, 11) is 3.97. The predicted octanol–water partition coefficient (Wildman–Crippen LogP) is 2.55. The average Bonchev–Trinajstić information content (AvgIpc) is 2.55. The molecule has 0 amide bonds. The average molecular weight is 285 g/mol. The molecule has 0 atom stereocenters. The van der Waals surface area contributed by atoms with Crippen molar-refractivity contribution >= 4 is 11.6 Å². The molecule has 0 saturated heterocycles. The van der Waals surface area contributed by atoms with E-state index in [-0.39, 0.29) is 0 Å². The van der Waals surface area contributed by atoms with Gasteiger partial charge < -0.3 is 15.5 Å². The molecule has 0 fully saturated rings. The summed E-state index contributed by atoms with van der Waals surface area (Å²) in [5, 5.41) is 6.45. The maximum Gasteiger partial charge on any atom is 0.163 e. The van der Waals surface area contributed by atoms with Gasteiger partial charge in [0.1, 0.15) is 11.6 Å². The van der Waals surface area contributed by atoms with E-state index in [0.29, 0.717) is 0 Å². The number of hydrogen-bond donors (Lipinski definition) is 2. The second-order valence-electron chi connectivity index (χ2n) is 4.90. The van der Waals surface area contributed by atoms with Crippen molar-refractivity contribution in [2.24, 2.45) is 0 Å². The summed E-state index contributed by atoms with van der Waals surface area (Å²) in [5.41, 5.74) is 1.02. The van der Waals surface area contributed by atoms with Crippen LogP contribution < -0.4 is 10.6 Å². The third-order valence-corrected chi connectivity index (χ3v) is 3.35. The minimum absolute atomic E-state index is 0.730. The van der Waals surface area contributed by atoms with Crippen LogP contribution in [0.15, 0.2) is 36.4 Å². The molecule has 5 nitrogen and oxygen atoms in total. The SMILES string of the molecule is CCN(C)CCNc1cc(NC)nc(-c2ccccc2)n1. The Bertz CT molecular complexity index is 556. The highest BCUT2D eigenvalue weighted by Crippen LogP contribution is 2.19. The molecular weight excluding hydrogens is 262 g/mol. The number of anilines is 2. The topological polar surface area (TPSA) is 53.1 Å². The molecule has 5 heteroatoms. The number of benzene rings is 1. The first-order valence-electron chi connectivity index (χ1n) is 7.27. The molecule has 0 aliphatic rings. The standard InChI is InChI=1S/C16H23N5/c1-4-21(3)11-10-18-15-12-14(17-2)19-16(20-15)13-8-6-5-7-9-13/h5-9,12H,4,10-11H2,1-3H3,(H2,17,18,19,20). The highest BCUT2D eigenvalue weighted by atomic mass is 15.1. The molecule has 1 aromatic heterocycles. The highest BCUT2D eigenvalue weighted by Gasteiger charge is 2.06. The molecule has 0 aliphatic carbocycles. The van der Waals surface area contributed by atoms with E-state index in [1.807, 2.05) is 43.4 Å². The number of aromatic nitrogens is 2. The smallest absolute Gasteiger partial charge is 0.163 e. The largest absolute Gasteiger partial charge is 0.373 e.